The van der Waals surface area contributed by atoms with E-state index in [2.05, 4.69) is 5.32 Å². The van der Waals surface area contributed by atoms with Crippen molar-refractivity contribution in [3.8, 4) is 11.5 Å². The van der Waals surface area contributed by atoms with Crippen LogP contribution in [0.15, 0.2) is 42.5 Å². The van der Waals surface area contributed by atoms with Gasteiger partial charge in [0.15, 0.2) is 0 Å². The van der Waals surface area contributed by atoms with Crippen molar-refractivity contribution < 1.29 is 23.5 Å². The van der Waals surface area contributed by atoms with Crippen LogP contribution in [-0.4, -0.2) is 47.1 Å². The second-order valence-electron chi connectivity index (χ2n) is 9.60. The van der Waals surface area contributed by atoms with Gasteiger partial charge in [-0.2, -0.15) is 0 Å². The zero-order chi connectivity index (χ0) is 24.7. The smallest absolute Gasteiger partial charge is 0.271 e. The Morgan fingerprint density at radius 1 is 1.11 bits per heavy atom. The van der Waals surface area contributed by atoms with E-state index in [0.717, 1.165) is 31.1 Å². The van der Waals surface area contributed by atoms with Crippen molar-refractivity contribution in [2.45, 2.75) is 57.3 Å². The number of halogens is 1. The van der Waals surface area contributed by atoms with Crippen LogP contribution in [0, 0.1) is 5.82 Å². The van der Waals surface area contributed by atoms with Crippen LogP contribution < -0.4 is 14.8 Å². The second kappa shape index (κ2) is 8.91. The molecule has 0 spiro atoms. The van der Waals surface area contributed by atoms with E-state index in [0.29, 0.717) is 28.3 Å². The van der Waals surface area contributed by atoms with Gasteiger partial charge in [0.25, 0.3) is 5.91 Å². The molecule has 184 valence electrons. The first-order valence-corrected chi connectivity index (χ1v) is 12.0. The largest absolute Gasteiger partial charge is 0.496 e. The molecule has 2 aromatic carbocycles. The number of carbonyl (C=O) groups is 2. The Labute approximate surface area is 203 Å². The molecule has 1 aliphatic heterocycles. The molecule has 1 aromatic heterocycles. The predicted octanol–water partition coefficient (Wildman–Crippen LogP) is 4.27. The highest BCUT2D eigenvalue weighted by atomic mass is 19.1. The van der Waals surface area contributed by atoms with Crippen LogP contribution >= 0.6 is 0 Å². The number of nitrogens with zero attached hydrogens (tertiary/aromatic N) is 2. The number of nitrogens with one attached hydrogen (secondary N) is 1. The number of hydrogen-bond acceptors (Lipinski definition) is 4. The second-order valence-corrected chi connectivity index (χ2v) is 9.60. The minimum Gasteiger partial charge on any atom is -0.496 e. The summed E-state index contributed by atoms with van der Waals surface area (Å²) in [5, 5.41) is 3.92. The topological polar surface area (TPSA) is 72.8 Å². The summed E-state index contributed by atoms with van der Waals surface area (Å²) in [7, 11) is 3.16. The summed E-state index contributed by atoms with van der Waals surface area (Å²) in [5.74, 6) is 0.322. The summed E-state index contributed by atoms with van der Waals surface area (Å²) < 4.78 is 27.0. The first-order chi connectivity index (χ1) is 16.9. The highest BCUT2D eigenvalue weighted by molar-refractivity contribution is 6.05. The lowest BCUT2D eigenvalue weighted by Gasteiger charge is -2.44. The number of rotatable bonds is 6. The van der Waals surface area contributed by atoms with Crippen LogP contribution in [0.3, 0.4) is 0 Å². The summed E-state index contributed by atoms with van der Waals surface area (Å²) >= 11 is 0. The van der Waals surface area contributed by atoms with Crippen LogP contribution in [0.2, 0.25) is 0 Å². The SMILES string of the molecule is COc1ccc(OC)c2c1cc1n2CC(C)(C(=O)NC2CCCC2)N(Cc2cccc(F)c2)C1=O. The Bertz CT molecular complexity index is 1300. The molecule has 1 atom stereocenters. The van der Waals surface area contributed by atoms with Crippen molar-refractivity contribution in [3.63, 3.8) is 0 Å². The Hall–Kier alpha value is -3.55. The van der Waals surface area contributed by atoms with Crippen LogP contribution in [0.1, 0.15) is 48.7 Å². The van der Waals surface area contributed by atoms with E-state index < -0.39 is 5.54 Å². The summed E-state index contributed by atoms with van der Waals surface area (Å²) in [6.45, 7) is 2.13. The van der Waals surface area contributed by atoms with Gasteiger partial charge in [-0.3, -0.25) is 9.59 Å². The molecule has 0 bridgehead atoms. The minimum atomic E-state index is -1.20. The van der Waals surface area contributed by atoms with Crippen LogP contribution in [0.5, 0.6) is 11.5 Å². The molecule has 0 saturated heterocycles. The third-order valence-electron chi connectivity index (χ3n) is 7.36. The van der Waals surface area contributed by atoms with Gasteiger partial charge < -0.3 is 24.3 Å². The Morgan fingerprint density at radius 2 is 1.83 bits per heavy atom. The summed E-state index contributed by atoms with van der Waals surface area (Å²) in [6.07, 6.45) is 4.03. The zero-order valence-electron chi connectivity index (χ0n) is 20.3. The molecule has 35 heavy (non-hydrogen) atoms. The zero-order valence-corrected chi connectivity index (χ0v) is 20.3. The monoisotopic (exact) mass is 479 g/mol. The maximum absolute atomic E-state index is 14.0. The predicted molar refractivity (Wildman–Crippen MR) is 130 cm³/mol. The standard InChI is InChI=1S/C27H30FN3O4/c1-27(26(33)29-19-9-4-5-10-19)16-30-21(14-20-22(34-2)11-12-23(35-3)24(20)30)25(32)31(27)15-17-7-6-8-18(28)13-17/h6-8,11-14,19H,4-5,9-10,15-16H2,1-3H3,(H,29,33). The number of aromatic nitrogens is 1. The molecular weight excluding hydrogens is 449 g/mol. The fraction of sp³-hybridized carbons (Fsp3) is 0.407. The van der Waals surface area contributed by atoms with Gasteiger partial charge in [0, 0.05) is 18.0 Å². The molecule has 1 N–H and O–H groups in total. The van der Waals surface area contributed by atoms with Crippen molar-refractivity contribution in [2.24, 2.45) is 0 Å². The third-order valence-corrected chi connectivity index (χ3v) is 7.36. The molecule has 2 heterocycles. The molecule has 2 aliphatic rings. The average molecular weight is 480 g/mol. The molecule has 8 heteroatoms. The molecular formula is C27H30FN3O4. The normalized spacial score (nSPS) is 20.2. The van der Waals surface area contributed by atoms with Gasteiger partial charge in [0.2, 0.25) is 5.91 Å². The molecule has 1 fully saturated rings. The van der Waals surface area contributed by atoms with Gasteiger partial charge in [-0.1, -0.05) is 25.0 Å². The Kier molecular flexibility index (Phi) is 5.91. The Balaban J connectivity index is 1.64. The molecule has 1 aliphatic carbocycles. The molecule has 1 saturated carbocycles. The number of ether oxygens (including phenoxy) is 2. The molecule has 2 amide bonds. The van der Waals surface area contributed by atoms with Gasteiger partial charge in [0.05, 0.1) is 26.3 Å². The van der Waals surface area contributed by atoms with E-state index >= 15 is 0 Å². The average Bonchev–Trinajstić information content (AvgIpc) is 3.49. The van der Waals surface area contributed by atoms with Crippen LogP contribution in [0.25, 0.3) is 10.9 Å². The lowest BCUT2D eigenvalue weighted by atomic mass is 9.93. The maximum atomic E-state index is 14.0. The van der Waals surface area contributed by atoms with Crippen molar-refractivity contribution >= 4 is 22.7 Å². The van der Waals surface area contributed by atoms with E-state index in [1.807, 2.05) is 4.57 Å². The lowest BCUT2D eigenvalue weighted by molar-refractivity contribution is -0.133. The fourth-order valence-corrected chi connectivity index (χ4v) is 5.43. The molecule has 0 radical (unpaired) electrons. The van der Waals surface area contributed by atoms with Gasteiger partial charge >= 0.3 is 0 Å². The van der Waals surface area contributed by atoms with Crippen LogP contribution in [0.4, 0.5) is 4.39 Å². The quantitative estimate of drug-likeness (QED) is 0.573. The first-order valence-electron chi connectivity index (χ1n) is 12.0. The highest BCUT2D eigenvalue weighted by Gasteiger charge is 2.48. The Morgan fingerprint density at radius 3 is 2.51 bits per heavy atom. The molecule has 7 nitrogen and oxygen atoms in total. The minimum absolute atomic E-state index is 0.0999. The number of benzene rings is 2. The van der Waals surface area contributed by atoms with Gasteiger partial charge in [-0.25, -0.2) is 4.39 Å². The number of carbonyl (C=O) groups excluding carboxylic acids is 2. The van der Waals surface area contributed by atoms with E-state index in [4.69, 9.17) is 9.47 Å². The van der Waals surface area contributed by atoms with Crippen molar-refractivity contribution in [1.82, 2.24) is 14.8 Å². The summed E-state index contributed by atoms with van der Waals surface area (Å²) in [5.41, 5.74) is 0.572. The number of fused-ring (bicyclic) bond motifs is 3. The lowest BCUT2D eigenvalue weighted by Crippen LogP contribution is -2.64. The van der Waals surface area contributed by atoms with Crippen molar-refractivity contribution in [3.05, 3.63) is 59.5 Å². The van der Waals surface area contributed by atoms with E-state index in [1.54, 1.807) is 56.4 Å². The first kappa shape index (κ1) is 23.2. The number of hydrogen-bond donors (Lipinski definition) is 1. The number of methoxy groups -OCH3 is 2. The van der Waals surface area contributed by atoms with Crippen molar-refractivity contribution in [1.29, 1.82) is 0 Å². The summed E-state index contributed by atoms with van der Waals surface area (Å²) in [4.78, 5) is 29.3. The number of amides is 2. The van der Waals surface area contributed by atoms with Gasteiger partial charge in [-0.15, -0.1) is 0 Å². The summed E-state index contributed by atoms with van der Waals surface area (Å²) in [6, 6.07) is 11.6. The maximum Gasteiger partial charge on any atom is 0.271 e. The highest BCUT2D eigenvalue weighted by Crippen LogP contribution is 2.40. The van der Waals surface area contributed by atoms with Crippen molar-refractivity contribution in [2.75, 3.05) is 14.2 Å². The molecule has 1 unspecified atom stereocenters. The van der Waals surface area contributed by atoms with E-state index in [9.17, 15) is 14.0 Å². The van der Waals surface area contributed by atoms with E-state index in [1.165, 1.54) is 12.1 Å². The molecule has 5 rings (SSSR count). The van der Waals surface area contributed by atoms with Crippen LogP contribution in [-0.2, 0) is 17.9 Å². The van der Waals surface area contributed by atoms with Gasteiger partial charge in [-0.05, 0) is 55.7 Å². The molecule has 3 aromatic rings. The van der Waals surface area contributed by atoms with Gasteiger partial charge in [0.1, 0.15) is 28.5 Å². The van der Waals surface area contributed by atoms with E-state index in [-0.39, 0.29) is 36.8 Å². The third kappa shape index (κ3) is 3.90. The fourth-order valence-electron chi connectivity index (χ4n) is 5.43.